The maximum Gasteiger partial charge on any atom is 0.336 e. The minimum atomic E-state index is -0.953. The Hall–Kier alpha value is -2.80. The first-order valence-corrected chi connectivity index (χ1v) is 16.9. The molecule has 2 aliphatic rings. The highest BCUT2D eigenvalue weighted by atomic mass is 35.5. The monoisotopic (exact) mass is 617 g/mol. The standard InChI is InChI=1S/C36H44ClN3O2S/c1-26(28-13-9-6-10-14-28)40-25-38-36(35(41)42-4,24-43-23-27-11-7-5-8-12-27)34(40)31-17-15-29(16-18-31)33(39(2)3)30-19-21-32(37)22-20-30/h5-14,19-22,25-26,29,31,33-34H,15-18,23-24H2,1-4H3. The number of hydrogen-bond acceptors (Lipinski definition) is 6. The highest BCUT2D eigenvalue weighted by molar-refractivity contribution is 7.98. The molecule has 0 spiro atoms. The number of thioether (sulfide) groups is 1. The zero-order valence-electron chi connectivity index (χ0n) is 25.7. The molecular weight excluding hydrogens is 574 g/mol. The maximum atomic E-state index is 13.8. The Labute approximate surface area is 266 Å². The number of rotatable bonds is 11. The molecule has 7 heteroatoms. The van der Waals surface area contributed by atoms with Crippen molar-refractivity contribution in [3.8, 4) is 0 Å². The van der Waals surface area contributed by atoms with Gasteiger partial charge in [-0.3, -0.25) is 4.99 Å². The Morgan fingerprint density at radius 3 is 2.21 bits per heavy atom. The van der Waals surface area contributed by atoms with Crippen molar-refractivity contribution in [1.29, 1.82) is 0 Å². The number of carbonyl (C=O) groups excluding carboxylic acids is 1. The van der Waals surface area contributed by atoms with Crippen LogP contribution in [0.3, 0.4) is 0 Å². The van der Waals surface area contributed by atoms with Crippen molar-refractivity contribution in [3.63, 3.8) is 0 Å². The largest absolute Gasteiger partial charge is 0.467 e. The number of esters is 1. The summed E-state index contributed by atoms with van der Waals surface area (Å²) in [7, 11) is 5.85. The smallest absolute Gasteiger partial charge is 0.336 e. The lowest BCUT2D eigenvalue weighted by Gasteiger charge is -2.46. The number of ether oxygens (including phenoxy) is 1. The van der Waals surface area contributed by atoms with Crippen molar-refractivity contribution >= 4 is 35.7 Å². The van der Waals surface area contributed by atoms with E-state index in [0.29, 0.717) is 23.6 Å². The number of methoxy groups -OCH3 is 1. The van der Waals surface area contributed by atoms with Crippen molar-refractivity contribution in [2.24, 2.45) is 16.8 Å². The maximum absolute atomic E-state index is 13.8. The molecule has 43 heavy (non-hydrogen) atoms. The SMILES string of the molecule is COC(=O)C1(CSCc2ccccc2)N=CN(C(C)c2ccccc2)C1C1CCC(C(c2ccc(Cl)cc2)N(C)C)CC1. The van der Waals surface area contributed by atoms with Gasteiger partial charge in [0.25, 0.3) is 0 Å². The molecular formula is C36H44ClN3O2S. The first-order chi connectivity index (χ1) is 20.8. The zero-order valence-corrected chi connectivity index (χ0v) is 27.3. The van der Waals surface area contributed by atoms with Crippen molar-refractivity contribution in [2.75, 3.05) is 27.0 Å². The van der Waals surface area contributed by atoms with Gasteiger partial charge in [0.2, 0.25) is 0 Å². The third-order valence-electron chi connectivity index (χ3n) is 9.41. The molecule has 3 aromatic rings. The molecule has 5 rings (SSSR count). The predicted molar refractivity (Wildman–Crippen MR) is 180 cm³/mol. The van der Waals surface area contributed by atoms with Crippen LogP contribution in [0, 0.1) is 11.8 Å². The quantitative estimate of drug-likeness (QED) is 0.204. The fraction of sp³-hybridized carbons (Fsp3) is 0.444. The fourth-order valence-corrected chi connectivity index (χ4v) is 8.63. The molecule has 4 atom stereocenters. The van der Waals surface area contributed by atoms with Crippen LogP contribution in [0.1, 0.15) is 61.4 Å². The second-order valence-electron chi connectivity index (χ2n) is 12.3. The summed E-state index contributed by atoms with van der Waals surface area (Å²) in [5.41, 5.74) is 2.83. The summed E-state index contributed by atoms with van der Waals surface area (Å²) in [6.07, 6.45) is 6.21. The third kappa shape index (κ3) is 6.97. The zero-order chi connectivity index (χ0) is 30.4. The topological polar surface area (TPSA) is 45.1 Å². The van der Waals surface area contributed by atoms with Gasteiger partial charge in [0.05, 0.1) is 25.5 Å². The van der Waals surface area contributed by atoms with E-state index in [1.807, 2.05) is 30.6 Å². The average Bonchev–Trinajstić information content (AvgIpc) is 3.42. The first-order valence-electron chi connectivity index (χ1n) is 15.3. The predicted octanol–water partition coefficient (Wildman–Crippen LogP) is 8.07. The van der Waals surface area contributed by atoms with E-state index in [1.165, 1.54) is 23.8 Å². The molecule has 0 N–H and O–H groups in total. The molecule has 0 bridgehead atoms. The summed E-state index contributed by atoms with van der Waals surface area (Å²) in [5, 5.41) is 0.767. The normalized spacial score (nSPS) is 25.1. The first kappa shape index (κ1) is 31.6. The number of benzene rings is 3. The Morgan fingerprint density at radius 2 is 1.60 bits per heavy atom. The van der Waals surface area contributed by atoms with Gasteiger partial charge in [-0.05, 0) is 87.4 Å². The molecule has 1 aliphatic carbocycles. The van der Waals surface area contributed by atoms with Crippen molar-refractivity contribution < 1.29 is 9.53 Å². The van der Waals surface area contributed by atoms with E-state index in [0.717, 1.165) is 36.5 Å². The number of hydrogen-bond donors (Lipinski definition) is 0. The fourth-order valence-electron chi connectivity index (χ4n) is 7.30. The number of carbonyl (C=O) groups is 1. The van der Waals surface area contributed by atoms with Crippen LogP contribution in [-0.2, 0) is 15.3 Å². The molecule has 0 amide bonds. The van der Waals surface area contributed by atoms with Gasteiger partial charge >= 0.3 is 5.97 Å². The molecule has 0 radical (unpaired) electrons. The summed E-state index contributed by atoms with van der Waals surface area (Å²) in [6.45, 7) is 2.23. The lowest BCUT2D eigenvalue weighted by Crippen LogP contribution is -2.58. The van der Waals surface area contributed by atoms with Gasteiger partial charge in [-0.15, -0.1) is 0 Å². The van der Waals surface area contributed by atoms with E-state index in [1.54, 1.807) is 11.8 Å². The number of aliphatic imine (C=N–C) groups is 1. The van der Waals surface area contributed by atoms with Gasteiger partial charge in [-0.25, -0.2) is 4.79 Å². The van der Waals surface area contributed by atoms with Gasteiger partial charge < -0.3 is 14.5 Å². The third-order valence-corrected chi connectivity index (χ3v) is 10.8. The van der Waals surface area contributed by atoms with Gasteiger partial charge in [0, 0.05) is 22.6 Å². The molecule has 3 aromatic carbocycles. The lowest BCUT2D eigenvalue weighted by atomic mass is 9.70. The van der Waals surface area contributed by atoms with E-state index < -0.39 is 5.54 Å². The van der Waals surface area contributed by atoms with Crippen LogP contribution in [0.2, 0.25) is 5.02 Å². The van der Waals surface area contributed by atoms with Gasteiger partial charge in [0.1, 0.15) is 0 Å². The van der Waals surface area contributed by atoms with E-state index in [9.17, 15) is 4.79 Å². The lowest BCUT2D eigenvalue weighted by molar-refractivity contribution is -0.148. The van der Waals surface area contributed by atoms with E-state index >= 15 is 0 Å². The van der Waals surface area contributed by atoms with Crippen molar-refractivity contribution in [2.45, 2.75) is 62.0 Å². The summed E-state index contributed by atoms with van der Waals surface area (Å²) in [6, 6.07) is 29.7. The highest BCUT2D eigenvalue weighted by Gasteiger charge is 2.56. The van der Waals surface area contributed by atoms with E-state index in [2.05, 4.69) is 91.5 Å². The van der Waals surface area contributed by atoms with Crippen molar-refractivity contribution in [3.05, 3.63) is 107 Å². The van der Waals surface area contributed by atoms with Crippen LogP contribution in [0.25, 0.3) is 0 Å². The Balaban J connectivity index is 1.41. The number of nitrogens with zero attached hydrogens (tertiary/aromatic N) is 3. The Bertz CT molecular complexity index is 1350. The summed E-state index contributed by atoms with van der Waals surface area (Å²) >= 11 is 8.00. The number of halogens is 1. The van der Waals surface area contributed by atoms with Gasteiger partial charge in [-0.1, -0.05) is 84.4 Å². The minimum Gasteiger partial charge on any atom is -0.467 e. The molecule has 1 heterocycles. The summed E-state index contributed by atoms with van der Waals surface area (Å²) < 4.78 is 5.54. The van der Waals surface area contributed by atoms with Crippen LogP contribution in [0.15, 0.2) is 89.9 Å². The minimum absolute atomic E-state index is 0.0762. The molecule has 1 aliphatic heterocycles. The molecule has 0 saturated heterocycles. The molecule has 1 saturated carbocycles. The average molecular weight is 618 g/mol. The van der Waals surface area contributed by atoms with Gasteiger partial charge in [-0.2, -0.15) is 11.8 Å². The Morgan fingerprint density at radius 1 is 0.977 bits per heavy atom. The molecule has 228 valence electrons. The highest BCUT2D eigenvalue weighted by Crippen LogP contribution is 2.47. The summed E-state index contributed by atoms with van der Waals surface area (Å²) in [4.78, 5) is 23.6. The van der Waals surface area contributed by atoms with Crippen LogP contribution in [0.4, 0.5) is 0 Å². The van der Waals surface area contributed by atoms with Crippen LogP contribution < -0.4 is 0 Å². The molecule has 0 aromatic heterocycles. The molecule has 4 unspecified atom stereocenters. The second-order valence-corrected chi connectivity index (χ2v) is 13.7. The summed E-state index contributed by atoms with van der Waals surface area (Å²) in [5.74, 6) is 2.02. The van der Waals surface area contributed by atoms with Crippen LogP contribution in [0.5, 0.6) is 0 Å². The van der Waals surface area contributed by atoms with E-state index in [-0.39, 0.29) is 18.1 Å². The van der Waals surface area contributed by atoms with Gasteiger partial charge in [0.15, 0.2) is 5.54 Å². The molecule has 5 nitrogen and oxygen atoms in total. The van der Waals surface area contributed by atoms with Crippen molar-refractivity contribution in [1.82, 2.24) is 9.80 Å². The second kappa shape index (κ2) is 14.3. The Kier molecular flexibility index (Phi) is 10.5. The molecule has 1 fully saturated rings. The van der Waals surface area contributed by atoms with E-state index in [4.69, 9.17) is 21.3 Å². The van der Waals surface area contributed by atoms with Crippen LogP contribution in [-0.4, -0.2) is 60.6 Å². The van der Waals surface area contributed by atoms with Crippen LogP contribution >= 0.6 is 23.4 Å².